The summed E-state index contributed by atoms with van der Waals surface area (Å²) in [6.07, 6.45) is 2.78. The first-order chi connectivity index (χ1) is 14.5. The molecule has 2 amide bonds. The summed E-state index contributed by atoms with van der Waals surface area (Å²) >= 11 is 1.39. The Bertz CT molecular complexity index is 1070. The smallest absolute Gasteiger partial charge is 0.236 e. The van der Waals surface area contributed by atoms with Gasteiger partial charge in [-0.1, -0.05) is 37.3 Å². The molecular formula is C24H24N2O3S. The van der Waals surface area contributed by atoms with Crippen molar-refractivity contribution in [1.82, 2.24) is 4.90 Å². The molecule has 0 aliphatic carbocycles. The van der Waals surface area contributed by atoms with Gasteiger partial charge in [0.2, 0.25) is 11.8 Å². The van der Waals surface area contributed by atoms with Gasteiger partial charge in [-0.25, -0.2) is 0 Å². The van der Waals surface area contributed by atoms with E-state index in [1.807, 2.05) is 61.4 Å². The number of rotatable bonds is 4. The van der Waals surface area contributed by atoms with Gasteiger partial charge >= 0.3 is 0 Å². The van der Waals surface area contributed by atoms with E-state index in [9.17, 15) is 14.4 Å². The standard InChI is InChI=1S/C24H24N2O3S/c1-4-14(3)25-23(28)19-17-12-13(2)15-8-5-6-9-16(15)26(17)21(20(19)24(25)29)22(27)18-10-7-11-30-18/h5-12,14,17,19-21H,4H2,1-3H3/t14-,17+,19+,20-,21+/m1/s1. The summed E-state index contributed by atoms with van der Waals surface area (Å²) in [5.41, 5.74) is 3.07. The van der Waals surface area contributed by atoms with Crippen molar-refractivity contribution < 1.29 is 14.4 Å². The van der Waals surface area contributed by atoms with Crippen molar-refractivity contribution in [1.29, 1.82) is 0 Å². The fourth-order valence-corrected chi connectivity index (χ4v) is 6.00. The number of Topliss-reactive ketones (excluding diaryl/α,β-unsaturated/α-hetero) is 1. The number of thiophene rings is 1. The Morgan fingerprint density at radius 3 is 2.53 bits per heavy atom. The number of hydrogen-bond acceptors (Lipinski definition) is 5. The Kier molecular flexibility index (Phi) is 4.43. The largest absolute Gasteiger partial charge is 0.352 e. The molecule has 2 fully saturated rings. The maximum Gasteiger partial charge on any atom is 0.236 e. The van der Waals surface area contributed by atoms with Crippen LogP contribution in [0.1, 0.15) is 42.4 Å². The van der Waals surface area contributed by atoms with Gasteiger partial charge in [-0.05, 0) is 43.4 Å². The predicted octanol–water partition coefficient (Wildman–Crippen LogP) is 4.00. The minimum absolute atomic E-state index is 0.0718. The molecule has 5 rings (SSSR count). The lowest BCUT2D eigenvalue weighted by Gasteiger charge is -2.38. The predicted molar refractivity (Wildman–Crippen MR) is 117 cm³/mol. The first kappa shape index (κ1) is 19.2. The average molecular weight is 421 g/mol. The molecule has 0 saturated carbocycles. The van der Waals surface area contributed by atoms with Crippen LogP contribution in [0, 0.1) is 11.8 Å². The van der Waals surface area contributed by atoms with Gasteiger partial charge in [-0.15, -0.1) is 11.3 Å². The lowest BCUT2D eigenvalue weighted by Crippen LogP contribution is -2.50. The second kappa shape index (κ2) is 6.91. The second-order valence-electron chi connectivity index (χ2n) is 8.41. The highest BCUT2D eigenvalue weighted by Gasteiger charge is 2.64. The Labute approximate surface area is 180 Å². The molecule has 0 N–H and O–H groups in total. The van der Waals surface area contributed by atoms with Crippen molar-refractivity contribution in [3.8, 4) is 0 Å². The summed E-state index contributed by atoms with van der Waals surface area (Å²) in [5, 5.41) is 1.87. The Morgan fingerprint density at radius 2 is 1.83 bits per heavy atom. The van der Waals surface area contributed by atoms with Gasteiger partial charge in [0.05, 0.1) is 22.8 Å². The first-order valence-electron chi connectivity index (χ1n) is 10.5. The molecule has 5 atom stereocenters. The van der Waals surface area contributed by atoms with Crippen LogP contribution in [-0.2, 0) is 9.59 Å². The van der Waals surface area contributed by atoms with E-state index in [0.29, 0.717) is 11.3 Å². The van der Waals surface area contributed by atoms with Gasteiger partial charge in [-0.2, -0.15) is 0 Å². The van der Waals surface area contributed by atoms with Gasteiger partial charge in [0.25, 0.3) is 0 Å². The maximum atomic E-state index is 13.7. The number of hydrogen-bond donors (Lipinski definition) is 0. The van der Waals surface area contributed by atoms with E-state index in [1.165, 1.54) is 16.2 Å². The number of imide groups is 1. The molecule has 0 radical (unpaired) electrons. The topological polar surface area (TPSA) is 57.7 Å². The lowest BCUT2D eigenvalue weighted by atomic mass is 9.86. The van der Waals surface area contributed by atoms with Crippen LogP contribution in [0.4, 0.5) is 5.69 Å². The molecule has 6 heteroatoms. The number of carbonyl (C=O) groups excluding carboxylic acids is 3. The summed E-state index contributed by atoms with van der Waals surface area (Å²) in [6.45, 7) is 5.91. The molecule has 2 aromatic rings. The van der Waals surface area contributed by atoms with E-state index in [4.69, 9.17) is 0 Å². The third-order valence-electron chi connectivity index (χ3n) is 6.85. The van der Waals surface area contributed by atoms with Gasteiger partial charge in [0.1, 0.15) is 6.04 Å². The highest BCUT2D eigenvalue weighted by molar-refractivity contribution is 7.12. The van der Waals surface area contributed by atoms with Gasteiger partial charge in [0, 0.05) is 17.3 Å². The van der Waals surface area contributed by atoms with Crippen LogP contribution in [0.3, 0.4) is 0 Å². The fraction of sp³-hybridized carbons (Fsp3) is 0.375. The van der Waals surface area contributed by atoms with Crippen molar-refractivity contribution in [2.75, 3.05) is 4.90 Å². The molecule has 1 aromatic carbocycles. The molecule has 0 spiro atoms. The van der Waals surface area contributed by atoms with Crippen LogP contribution >= 0.6 is 11.3 Å². The first-order valence-corrected chi connectivity index (χ1v) is 11.3. The quantitative estimate of drug-likeness (QED) is 0.554. The highest BCUT2D eigenvalue weighted by atomic mass is 32.1. The van der Waals surface area contributed by atoms with Crippen molar-refractivity contribution >= 4 is 40.2 Å². The molecule has 3 aliphatic rings. The second-order valence-corrected chi connectivity index (χ2v) is 9.35. The molecular weight excluding hydrogens is 396 g/mol. The minimum atomic E-state index is -0.672. The molecule has 1 aromatic heterocycles. The van der Waals surface area contributed by atoms with E-state index in [1.54, 1.807) is 6.07 Å². The molecule has 3 aliphatic heterocycles. The third-order valence-corrected chi connectivity index (χ3v) is 7.74. The zero-order chi connectivity index (χ0) is 21.2. The number of para-hydroxylation sites is 1. The summed E-state index contributed by atoms with van der Waals surface area (Å²) in [6, 6.07) is 10.5. The summed E-state index contributed by atoms with van der Waals surface area (Å²) in [4.78, 5) is 44.8. The maximum absolute atomic E-state index is 13.7. The van der Waals surface area contributed by atoms with Crippen molar-refractivity contribution in [2.24, 2.45) is 11.8 Å². The third kappa shape index (κ3) is 2.49. The molecule has 5 nitrogen and oxygen atoms in total. The van der Waals surface area contributed by atoms with Crippen LogP contribution in [0.25, 0.3) is 5.57 Å². The van der Waals surface area contributed by atoms with E-state index >= 15 is 0 Å². The van der Waals surface area contributed by atoms with Crippen LogP contribution in [0.2, 0.25) is 0 Å². The van der Waals surface area contributed by atoms with Crippen molar-refractivity contribution in [3.63, 3.8) is 0 Å². The molecule has 0 unspecified atom stereocenters. The number of anilines is 1. The number of fused-ring (bicyclic) bond motifs is 5. The number of carbonyl (C=O) groups is 3. The lowest BCUT2D eigenvalue weighted by molar-refractivity contribution is -0.142. The minimum Gasteiger partial charge on any atom is -0.352 e. The van der Waals surface area contributed by atoms with Gasteiger partial charge < -0.3 is 4.90 Å². The number of likely N-dealkylation sites (tertiary alicyclic amines) is 1. The van der Waals surface area contributed by atoms with Crippen molar-refractivity contribution in [2.45, 2.75) is 45.3 Å². The summed E-state index contributed by atoms with van der Waals surface area (Å²) in [7, 11) is 0. The number of amides is 2. The average Bonchev–Trinajstić information content (AvgIpc) is 3.44. The van der Waals surface area contributed by atoms with Crippen LogP contribution in [-0.4, -0.2) is 40.6 Å². The Balaban J connectivity index is 1.69. The molecule has 4 heterocycles. The van der Waals surface area contributed by atoms with Gasteiger partial charge in [0.15, 0.2) is 5.78 Å². The molecule has 154 valence electrons. The van der Waals surface area contributed by atoms with Crippen LogP contribution in [0.5, 0.6) is 0 Å². The number of benzene rings is 1. The van der Waals surface area contributed by atoms with Crippen LogP contribution in [0.15, 0.2) is 47.9 Å². The van der Waals surface area contributed by atoms with Crippen molar-refractivity contribution in [3.05, 3.63) is 58.3 Å². The van der Waals surface area contributed by atoms with Crippen LogP contribution < -0.4 is 4.90 Å². The Morgan fingerprint density at radius 1 is 1.10 bits per heavy atom. The monoisotopic (exact) mass is 420 g/mol. The molecule has 2 saturated heterocycles. The number of ketones is 1. The molecule has 30 heavy (non-hydrogen) atoms. The van der Waals surface area contributed by atoms with E-state index in [2.05, 4.69) is 6.08 Å². The van der Waals surface area contributed by atoms with E-state index in [0.717, 1.165) is 16.8 Å². The SMILES string of the molecule is CC[C@@H](C)N1C(=O)[C@@H]2[C@@H](C1=O)[C@@H]1C=C(C)c3ccccc3N1[C@@H]2C(=O)c1cccs1. The summed E-state index contributed by atoms with van der Waals surface area (Å²) < 4.78 is 0. The molecule has 0 bridgehead atoms. The fourth-order valence-electron chi connectivity index (χ4n) is 5.30. The zero-order valence-corrected chi connectivity index (χ0v) is 18.1. The Hall–Kier alpha value is -2.73. The zero-order valence-electron chi connectivity index (χ0n) is 17.2. The normalized spacial score (nSPS) is 28.2. The number of allylic oxidation sites excluding steroid dienone is 1. The van der Waals surface area contributed by atoms with E-state index in [-0.39, 0.29) is 29.7 Å². The van der Waals surface area contributed by atoms with Gasteiger partial charge in [-0.3, -0.25) is 19.3 Å². The number of nitrogens with zero attached hydrogens (tertiary/aromatic N) is 2. The van der Waals surface area contributed by atoms with E-state index < -0.39 is 17.9 Å². The highest BCUT2D eigenvalue weighted by Crippen LogP contribution is 2.50. The summed E-state index contributed by atoms with van der Waals surface area (Å²) in [5.74, 6) is -1.59.